The van der Waals surface area contributed by atoms with Crippen LogP contribution in [0.15, 0.2) is 35.4 Å². The number of carbonyl (C=O) groups excluding carboxylic acids is 2. The number of amides is 2. The highest BCUT2D eigenvalue weighted by atomic mass is 19.4. The Labute approximate surface area is 222 Å². The van der Waals surface area contributed by atoms with E-state index in [1.807, 2.05) is 5.32 Å². The fraction of sp³-hybridized carbons (Fsp3) is 0.423. The number of halogens is 5. The van der Waals surface area contributed by atoms with Gasteiger partial charge in [0.1, 0.15) is 23.2 Å². The van der Waals surface area contributed by atoms with Crippen LogP contribution in [0.4, 0.5) is 27.8 Å². The van der Waals surface area contributed by atoms with Crippen LogP contribution in [0.2, 0.25) is 0 Å². The van der Waals surface area contributed by atoms with Crippen molar-refractivity contribution < 1.29 is 36.6 Å². The predicted octanol–water partition coefficient (Wildman–Crippen LogP) is 3.01. The lowest BCUT2D eigenvalue weighted by Crippen LogP contribution is -2.48. The topological polar surface area (TPSA) is 117 Å². The maximum Gasteiger partial charge on any atom is 0.408 e. The van der Waals surface area contributed by atoms with Crippen molar-refractivity contribution in [1.29, 1.82) is 0 Å². The second-order valence-electron chi connectivity index (χ2n) is 10.6. The van der Waals surface area contributed by atoms with E-state index < -0.39 is 70.0 Å². The molecule has 3 aromatic rings. The number of anilines is 1. The molecule has 2 unspecified atom stereocenters. The Morgan fingerprint density at radius 1 is 1.20 bits per heavy atom. The summed E-state index contributed by atoms with van der Waals surface area (Å²) in [5, 5.41) is 12.2. The van der Waals surface area contributed by atoms with E-state index in [1.165, 1.54) is 17.0 Å². The number of fused-ring (bicyclic) bond motifs is 1. The van der Waals surface area contributed by atoms with E-state index >= 15 is 0 Å². The minimum absolute atomic E-state index is 0.0200. The molecule has 2 amide bonds. The molecule has 3 aliphatic rings. The summed E-state index contributed by atoms with van der Waals surface area (Å²) < 4.78 is 70.1. The number of rotatable bonds is 5. The second-order valence-corrected chi connectivity index (χ2v) is 10.6. The van der Waals surface area contributed by atoms with Crippen LogP contribution < -0.4 is 15.6 Å². The average Bonchev–Trinajstić information content (AvgIpc) is 3.81. The molecule has 0 radical (unpaired) electrons. The summed E-state index contributed by atoms with van der Waals surface area (Å²) in [7, 11) is 0. The van der Waals surface area contributed by atoms with E-state index in [0.717, 1.165) is 10.8 Å². The number of nitrogens with zero attached hydrogens (tertiary/aromatic N) is 4. The maximum atomic E-state index is 14.9. The molecule has 3 aromatic heterocycles. The Morgan fingerprint density at radius 2 is 1.90 bits per heavy atom. The van der Waals surface area contributed by atoms with Crippen molar-refractivity contribution in [2.75, 3.05) is 4.90 Å². The smallest absolute Gasteiger partial charge is 0.390 e. The molecule has 14 heteroatoms. The van der Waals surface area contributed by atoms with Crippen molar-refractivity contribution in [1.82, 2.24) is 19.9 Å². The van der Waals surface area contributed by atoms with Gasteiger partial charge in [0.05, 0.1) is 29.1 Å². The first-order valence-corrected chi connectivity index (χ1v) is 12.6. The van der Waals surface area contributed by atoms with Gasteiger partial charge in [-0.3, -0.25) is 23.9 Å². The van der Waals surface area contributed by atoms with Gasteiger partial charge in [-0.25, -0.2) is 18.7 Å². The fourth-order valence-corrected chi connectivity index (χ4v) is 5.46. The molecule has 3 fully saturated rings. The van der Waals surface area contributed by atoms with Crippen molar-refractivity contribution in [3.63, 3.8) is 0 Å². The summed E-state index contributed by atoms with van der Waals surface area (Å²) in [6.45, 7) is 1.63. The summed E-state index contributed by atoms with van der Waals surface area (Å²) in [6, 6.07) is 0.166. The predicted molar refractivity (Wildman–Crippen MR) is 130 cm³/mol. The lowest BCUT2D eigenvalue weighted by atomic mass is 9.99. The molecule has 4 heterocycles. The lowest BCUT2D eigenvalue weighted by Gasteiger charge is -2.23. The van der Waals surface area contributed by atoms with Gasteiger partial charge in [-0.15, -0.1) is 0 Å². The molecule has 2 saturated carbocycles. The van der Waals surface area contributed by atoms with Crippen LogP contribution in [0, 0.1) is 23.0 Å². The van der Waals surface area contributed by atoms with Crippen molar-refractivity contribution >= 4 is 28.7 Å². The van der Waals surface area contributed by atoms with Crippen LogP contribution in [0.25, 0.3) is 16.9 Å². The summed E-state index contributed by atoms with van der Waals surface area (Å²) in [4.78, 5) is 48.8. The SMILES string of the molecule is CC1C(O)C2(CC2)C(=O)N1c1ccc2c(=O)c(C(=O)N[C@H](C3CC3)C(F)(F)F)cn(-c3ncc(F)cc3F)c2n1. The van der Waals surface area contributed by atoms with Gasteiger partial charge >= 0.3 is 6.18 Å². The van der Waals surface area contributed by atoms with Gasteiger partial charge in [0, 0.05) is 12.3 Å². The van der Waals surface area contributed by atoms with Crippen LogP contribution in [0.1, 0.15) is 43.0 Å². The first-order valence-electron chi connectivity index (χ1n) is 12.6. The van der Waals surface area contributed by atoms with E-state index in [-0.39, 0.29) is 35.6 Å². The number of aromatic nitrogens is 3. The van der Waals surface area contributed by atoms with Gasteiger partial charge in [0.25, 0.3) is 5.91 Å². The van der Waals surface area contributed by atoms with Crippen LogP contribution >= 0.6 is 0 Å². The molecule has 6 rings (SSSR count). The molecule has 40 heavy (non-hydrogen) atoms. The minimum atomic E-state index is -4.75. The highest BCUT2D eigenvalue weighted by molar-refractivity contribution is 6.03. The van der Waals surface area contributed by atoms with Crippen LogP contribution in [-0.4, -0.2) is 55.8 Å². The van der Waals surface area contributed by atoms with Gasteiger partial charge in [-0.2, -0.15) is 13.2 Å². The molecule has 1 aliphatic heterocycles. The zero-order valence-corrected chi connectivity index (χ0v) is 20.9. The lowest BCUT2D eigenvalue weighted by molar-refractivity contribution is -0.158. The minimum Gasteiger partial charge on any atom is -0.390 e. The molecular formula is C26H22F5N5O4. The zero-order chi connectivity index (χ0) is 28.7. The van der Waals surface area contributed by atoms with E-state index in [0.29, 0.717) is 25.1 Å². The highest BCUT2D eigenvalue weighted by Crippen LogP contribution is 2.56. The van der Waals surface area contributed by atoms with Gasteiger partial charge in [0.2, 0.25) is 11.3 Å². The largest absolute Gasteiger partial charge is 0.408 e. The van der Waals surface area contributed by atoms with Gasteiger partial charge in [-0.05, 0) is 50.7 Å². The van der Waals surface area contributed by atoms with Crippen molar-refractivity contribution in [2.45, 2.75) is 57.0 Å². The van der Waals surface area contributed by atoms with E-state index in [9.17, 15) is 41.4 Å². The normalized spacial score (nSPS) is 22.7. The van der Waals surface area contributed by atoms with E-state index in [4.69, 9.17) is 0 Å². The molecule has 1 saturated heterocycles. The maximum absolute atomic E-state index is 14.9. The van der Waals surface area contributed by atoms with Crippen molar-refractivity contribution in [3.05, 3.63) is 58.0 Å². The van der Waals surface area contributed by atoms with E-state index in [2.05, 4.69) is 9.97 Å². The summed E-state index contributed by atoms with van der Waals surface area (Å²) in [5.74, 6) is -5.30. The Bertz CT molecular complexity index is 1630. The van der Waals surface area contributed by atoms with Gasteiger partial charge in [-0.1, -0.05) is 0 Å². The third kappa shape index (κ3) is 4.03. The molecule has 0 aromatic carbocycles. The highest BCUT2D eigenvalue weighted by Gasteiger charge is 2.65. The third-order valence-corrected chi connectivity index (χ3v) is 7.94. The quantitative estimate of drug-likeness (QED) is 0.461. The molecular weight excluding hydrogens is 541 g/mol. The molecule has 2 N–H and O–H groups in total. The first kappa shape index (κ1) is 26.3. The molecule has 3 atom stereocenters. The number of aliphatic hydroxyl groups excluding tert-OH is 1. The number of pyridine rings is 3. The molecule has 210 valence electrons. The Kier molecular flexibility index (Phi) is 5.77. The fourth-order valence-electron chi connectivity index (χ4n) is 5.46. The summed E-state index contributed by atoms with van der Waals surface area (Å²) in [5.41, 5.74) is -2.92. The number of hydrogen-bond donors (Lipinski definition) is 2. The average molecular weight is 563 g/mol. The Morgan fingerprint density at radius 3 is 2.48 bits per heavy atom. The summed E-state index contributed by atoms with van der Waals surface area (Å²) in [6.07, 6.45) is -2.73. The molecule has 1 spiro atoms. The van der Waals surface area contributed by atoms with Gasteiger partial charge in [0.15, 0.2) is 17.3 Å². The first-order chi connectivity index (χ1) is 18.8. The van der Waals surface area contributed by atoms with Crippen molar-refractivity contribution in [3.8, 4) is 5.82 Å². The van der Waals surface area contributed by atoms with Gasteiger partial charge < -0.3 is 10.4 Å². The Hall–Kier alpha value is -3.94. The molecule has 9 nitrogen and oxygen atoms in total. The zero-order valence-electron chi connectivity index (χ0n) is 20.9. The molecule has 2 aliphatic carbocycles. The monoisotopic (exact) mass is 563 g/mol. The number of hydrogen-bond acceptors (Lipinski definition) is 6. The number of carbonyl (C=O) groups is 2. The van der Waals surface area contributed by atoms with Crippen molar-refractivity contribution in [2.24, 2.45) is 11.3 Å². The Balaban J connectivity index is 1.51. The van der Waals surface area contributed by atoms with Crippen LogP contribution in [0.3, 0.4) is 0 Å². The van der Waals surface area contributed by atoms with Crippen LogP contribution in [0.5, 0.6) is 0 Å². The van der Waals surface area contributed by atoms with Crippen LogP contribution in [-0.2, 0) is 4.79 Å². The standard InChI is InChI=1S/C26H22F5N5O4/c1-11-20(38)25(6-7-25)24(40)36(11)17-5-4-14-18(37)15(23(39)34-19(12-2-3-12)26(29,30)31)10-35(21(14)33-17)22-16(28)8-13(27)9-32-22/h4-5,8-12,19-20,38H,2-3,6-7H2,1H3,(H,34,39)/t11?,19-,20?/m1/s1. The molecule has 0 bridgehead atoms. The number of alkyl halides is 3. The van der Waals surface area contributed by atoms with E-state index in [1.54, 1.807) is 6.92 Å². The number of aliphatic hydroxyl groups is 1. The second kappa shape index (κ2) is 8.78. The third-order valence-electron chi connectivity index (χ3n) is 7.94. The number of nitrogens with one attached hydrogen (secondary N) is 1. The summed E-state index contributed by atoms with van der Waals surface area (Å²) >= 11 is 0.